The van der Waals surface area contributed by atoms with Crippen LogP contribution in [-0.4, -0.2) is 5.71 Å². The van der Waals surface area contributed by atoms with Gasteiger partial charge >= 0.3 is 0 Å². The first-order chi connectivity index (χ1) is 20.7. The highest BCUT2D eigenvalue weighted by molar-refractivity contribution is 6.03. The van der Waals surface area contributed by atoms with E-state index in [9.17, 15) is 0 Å². The molecular weight excluding hydrogens is 510 g/mol. The van der Waals surface area contributed by atoms with Gasteiger partial charge in [-0.2, -0.15) is 9.67 Å². The maximum Gasteiger partial charge on any atom is 0.213 e. The second-order valence-corrected chi connectivity index (χ2v) is 10.7. The Morgan fingerprint density at radius 2 is 1.00 bits per heavy atom. The lowest BCUT2D eigenvalue weighted by Gasteiger charge is -2.24. The van der Waals surface area contributed by atoms with Crippen molar-refractivity contribution in [3.8, 4) is 33.6 Å². The minimum Gasteiger partial charge on any atom is -0.257 e. The number of benzene rings is 5. The van der Waals surface area contributed by atoms with Crippen LogP contribution in [-0.2, 0) is 7.05 Å². The molecular formula is C39H32N3+. The number of anilines is 1. The van der Waals surface area contributed by atoms with Crippen LogP contribution in [0.25, 0.3) is 33.6 Å². The highest BCUT2D eigenvalue weighted by atomic mass is 15.5. The first kappa shape index (κ1) is 25.7. The zero-order chi connectivity index (χ0) is 28.3. The van der Waals surface area contributed by atoms with Crippen LogP contribution in [0.2, 0.25) is 0 Å². The number of hydrogen-bond acceptors (Lipinski definition) is 2. The molecule has 42 heavy (non-hydrogen) atoms. The van der Waals surface area contributed by atoms with Crippen molar-refractivity contribution in [1.82, 2.24) is 0 Å². The molecule has 7 rings (SSSR count). The Morgan fingerprint density at radius 3 is 1.52 bits per heavy atom. The fourth-order valence-electron chi connectivity index (χ4n) is 5.89. The van der Waals surface area contributed by atoms with Crippen molar-refractivity contribution < 1.29 is 4.57 Å². The third-order valence-corrected chi connectivity index (χ3v) is 8.11. The van der Waals surface area contributed by atoms with Crippen LogP contribution < -0.4 is 9.58 Å². The van der Waals surface area contributed by atoms with Crippen molar-refractivity contribution in [3.63, 3.8) is 0 Å². The van der Waals surface area contributed by atoms with E-state index in [0.29, 0.717) is 0 Å². The van der Waals surface area contributed by atoms with Crippen LogP contribution in [0.1, 0.15) is 23.6 Å². The summed E-state index contributed by atoms with van der Waals surface area (Å²) in [4.78, 5) is 0. The highest BCUT2D eigenvalue weighted by Gasteiger charge is 2.30. The molecule has 3 nitrogen and oxygen atoms in total. The Kier molecular flexibility index (Phi) is 6.91. The van der Waals surface area contributed by atoms with Crippen LogP contribution in [0, 0.1) is 0 Å². The second-order valence-electron chi connectivity index (χ2n) is 10.7. The lowest BCUT2D eigenvalue weighted by Crippen LogP contribution is -2.34. The van der Waals surface area contributed by atoms with E-state index in [4.69, 9.17) is 5.10 Å². The number of nitrogens with zero attached hydrogens (tertiary/aromatic N) is 3. The molecule has 0 fully saturated rings. The zero-order valence-electron chi connectivity index (χ0n) is 23.6. The summed E-state index contributed by atoms with van der Waals surface area (Å²) in [7, 11) is 2.15. The largest absolute Gasteiger partial charge is 0.257 e. The molecule has 0 spiro atoms. The van der Waals surface area contributed by atoms with Crippen molar-refractivity contribution in [2.75, 3.05) is 5.01 Å². The molecule has 1 aliphatic heterocycles. The summed E-state index contributed by atoms with van der Waals surface area (Å²) in [6, 6.07) is 56.1. The van der Waals surface area contributed by atoms with Crippen molar-refractivity contribution in [1.29, 1.82) is 0 Å². The molecule has 0 saturated carbocycles. The summed E-state index contributed by atoms with van der Waals surface area (Å²) in [6.45, 7) is 0. The summed E-state index contributed by atoms with van der Waals surface area (Å²) in [5, 5.41) is 7.35. The predicted molar refractivity (Wildman–Crippen MR) is 173 cm³/mol. The molecule has 1 aromatic heterocycles. The van der Waals surface area contributed by atoms with Gasteiger partial charge in [-0.05, 0) is 58.7 Å². The number of hydrogen-bond donors (Lipinski definition) is 0. The third kappa shape index (κ3) is 5.02. The summed E-state index contributed by atoms with van der Waals surface area (Å²) >= 11 is 0. The van der Waals surface area contributed by atoms with Gasteiger partial charge in [0.05, 0.1) is 17.4 Å². The molecule has 0 aliphatic carbocycles. The Balaban J connectivity index is 1.29. The van der Waals surface area contributed by atoms with Crippen LogP contribution in [0.3, 0.4) is 0 Å². The molecule has 1 aliphatic rings. The van der Waals surface area contributed by atoms with E-state index in [2.05, 4.69) is 174 Å². The zero-order valence-corrected chi connectivity index (χ0v) is 23.6. The van der Waals surface area contributed by atoms with Gasteiger partial charge in [0.25, 0.3) is 0 Å². The van der Waals surface area contributed by atoms with Gasteiger partial charge in [-0.1, -0.05) is 109 Å². The van der Waals surface area contributed by atoms with E-state index >= 15 is 0 Å². The minimum absolute atomic E-state index is 0.150. The molecule has 0 bridgehead atoms. The van der Waals surface area contributed by atoms with Gasteiger partial charge in [0, 0.05) is 29.7 Å². The lowest BCUT2D eigenvalue weighted by molar-refractivity contribution is -0.649. The molecule has 5 aromatic carbocycles. The molecule has 0 saturated heterocycles. The van der Waals surface area contributed by atoms with Crippen molar-refractivity contribution in [3.05, 3.63) is 169 Å². The molecule has 1 atom stereocenters. The van der Waals surface area contributed by atoms with Gasteiger partial charge < -0.3 is 0 Å². The first-order valence-corrected chi connectivity index (χ1v) is 14.5. The fourth-order valence-corrected chi connectivity index (χ4v) is 5.89. The van der Waals surface area contributed by atoms with E-state index in [-0.39, 0.29) is 6.04 Å². The maximum atomic E-state index is 5.15. The van der Waals surface area contributed by atoms with Gasteiger partial charge in [-0.25, -0.2) is 0 Å². The van der Waals surface area contributed by atoms with E-state index in [1.54, 1.807) is 0 Å². The van der Waals surface area contributed by atoms with Crippen LogP contribution in [0.15, 0.2) is 163 Å². The van der Waals surface area contributed by atoms with Gasteiger partial charge in [0.2, 0.25) is 11.4 Å². The standard InChI is InChI=1S/C39H32N3/c1-41-37(31-16-8-3-9-17-31)26-34(27-38(41)32-18-10-4-11-19-32)29-22-24-35(25-23-29)42-39(33-20-12-5-13-21-33)28-36(40-42)30-14-6-2-7-15-30/h2-27,39H,28H2,1H3/q+1/t39-/m1/s1. The minimum atomic E-state index is 0.150. The summed E-state index contributed by atoms with van der Waals surface area (Å²) in [5.41, 5.74) is 11.8. The molecule has 0 unspecified atom stereocenters. The molecule has 0 amide bonds. The second kappa shape index (κ2) is 11.3. The average molecular weight is 543 g/mol. The maximum absolute atomic E-state index is 5.15. The van der Waals surface area contributed by atoms with Gasteiger partial charge in [-0.3, -0.25) is 5.01 Å². The molecule has 6 aromatic rings. The van der Waals surface area contributed by atoms with Crippen LogP contribution in [0.5, 0.6) is 0 Å². The Morgan fingerprint density at radius 1 is 0.524 bits per heavy atom. The topological polar surface area (TPSA) is 19.5 Å². The van der Waals surface area contributed by atoms with Crippen molar-refractivity contribution >= 4 is 11.4 Å². The van der Waals surface area contributed by atoms with Gasteiger partial charge in [0.1, 0.15) is 7.05 Å². The molecule has 0 N–H and O–H groups in total. The lowest BCUT2D eigenvalue weighted by atomic mass is 9.97. The normalized spacial score (nSPS) is 14.5. The number of rotatable bonds is 6. The van der Waals surface area contributed by atoms with Gasteiger partial charge in [0.15, 0.2) is 0 Å². The van der Waals surface area contributed by atoms with Crippen molar-refractivity contribution in [2.45, 2.75) is 12.5 Å². The van der Waals surface area contributed by atoms with Crippen LogP contribution >= 0.6 is 0 Å². The number of aromatic nitrogens is 1. The van der Waals surface area contributed by atoms with E-state index < -0.39 is 0 Å². The predicted octanol–water partition coefficient (Wildman–Crippen LogP) is 8.87. The number of pyridine rings is 1. The molecule has 202 valence electrons. The Hall–Kier alpha value is -5.28. The monoisotopic (exact) mass is 542 g/mol. The number of hydrazone groups is 1. The summed E-state index contributed by atoms with van der Waals surface area (Å²) in [5.74, 6) is 0. The van der Waals surface area contributed by atoms with E-state index in [0.717, 1.165) is 17.8 Å². The molecule has 3 heteroatoms. The summed E-state index contributed by atoms with van der Waals surface area (Å²) in [6.07, 6.45) is 0.867. The third-order valence-electron chi connectivity index (χ3n) is 8.11. The fraction of sp³-hybridized carbons (Fsp3) is 0.0769. The highest BCUT2D eigenvalue weighted by Crippen LogP contribution is 2.38. The van der Waals surface area contributed by atoms with Gasteiger partial charge in [-0.15, -0.1) is 0 Å². The van der Waals surface area contributed by atoms with Crippen molar-refractivity contribution in [2.24, 2.45) is 12.1 Å². The molecule has 2 heterocycles. The quantitative estimate of drug-likeness (QED) is 0.192. The summed E-state index contributed by atoms with van der Waals surface area (Å²) < 4.78 is 2.29. The average Bonchev–Trinajstić information content (AvgIpc) is 3.52. The smallest absolute Gasteiger partial charge is 0.213 e. The SMILES string of the molecule is C[n+]1c(-c2ccccc2)cc(-c2ccc(N3N=C(c4ccccc4)C[C@@H]3c3ccccc3)cc2)cc1-c1ccccc1. The van der Waals surface area contributed by atoms with E-state index in [1.807, 2.05) is 0 Å². The van der Waals surface area contributed by atoms with E-state index in [1.165, 1.54) is 44.8 Å². The first-order valence-electron chi connectivity index (χ1n) is 14.5. The Bertz CT molecular complexity index is 1770. The molecule has 0 radical (unpaired) electrons. The van der Waals surface area contributed by atoms with Crippen LogP contribution in [0.4, 0.5) is 5.69 Å². The Labute approximate surface area is 247 Å².